The molecule has 1 N–H and O–H groups in total. The van der Waals surface area contributed by atoms with Crippen LogP contribution < -0.4 is 4.74 Å². The topological polar surface area (TPSA) is 46.5 Å². The third-order valence-electron chi connectivity index (χ3n) is 1.34. The first-order valence-electron chi connectivity index (χ1n) is 3.15. The number of hydrogen-bond acceptors (Lipinski definition) is 3. The Kier molecular flexibility index (Phi) is 2.66. The van der Waals surface area contributed by atoms with E-state index < -0.39 is 8.77 Å². The van der Waals surface area contributed by atoms with E-state index in [0.29, 0.717) is 5.75 Å². The van der Waals surface area contributed by atoms with Crippen molar-refractivity contribution in [1.82, 2.24) is 0 Å². The lowest BCUT2D eigenvalue weighted by Crippen LogP contribution is -1.96. The molecule has 1 aromatic rings. The van der Waals surface area contributed by atoms with Crippen LogP contribution in [0.2, 0.25) is 0 Å². The van der Waals surface area contributed by atoms with Crippen molar-refractivity contribution in [2.24, 2.45) is 0 Å². The second kappa shape index (κ2) is 3.38. The summed E-state index contributed by atoms with van der Waals surface area (Å²) in [6.45, 7) is 0. The SMILES string of the molecule is COc1cccc(S(=O)(O)=S)c1. The smallest absolute Gasteiger partial charge is 0.171 e. The first kappa shape index (κ1) is 9.44. The second-order valence-corrected chi connectivity index (χ2v) is 4.93. The lowest BCUT2D eigenvalue weighted by molar-refractivity contribution is 0.413. The molecule has 0 bridgehead atoms. The molecule has 0 radical (unpaired) electrons. The maximum absolute atomic E-state index is 11.0. The largest absolute Gasteiger partial charge is 0.497 e. The van der Waals surface area contributed by atoms with E-state index in [2.05, 4.69) is 11.2 Å². The summed E-state index contributed by atoms with van der Waals surface area (Å²) in [5, 5.41) is 0. The predicted molar refractivity (Wildman–Crippen MR) is 49.4 cm³/mol. The molecule has 12 heavy (non-hydrogen) atoms. The fraction of sp³-hybridized carbons (Fsp3) is 0.143. The van der Waals surface area contributed by atoms with Crippen molar-refractivity contribution in [3.05, 3.63) is 24.3 Å². The van der Waals surface area contributed by atoms with Crippen LogP contribution in [0.15, 0.2) is 29.2 Å². The van der Waals surface area contributed by atoms with E-state index >= 15 is 0 Å². The molecule has 1 atom stereocenters. The highest BCUT2D eigenvalue weighted by Crippen LogP contribution is 2.16. The van der Waals surface area contributed by atoms with Crippen molar-refractivity contribution >= 4 is 20.0 Å². The maximum atomic E-state index is 11.0. The van der Waals surface area contributed by atoms with Gasteiger partial charge in [-0.15, -0.1) is 0 Å². The highest BCUT2D eigenvalue weighted by Gasteiger charge is 2.05. The molecular formula is C7H8O3S2. The molecule has 0 aliphatic heterocycles. The molecule has 0 aliphatic carbocycles. The van der Waals surface area contributed by atoms with Gasteiger partial charge in [-0.2, -0.15) is 0 Å². The molecule has 0 saturated carbocycles. The van der Waals surface area contributed by atoms with Crippen LogP contribution in [0, 0.1) is 0 Å². The molecule has 66 valence electrons. The summed E-state index contributed by atoms with van der Waals surface area (Å²) in [5.41, 5.74) is 0. The van der Waals surface area contributed by atoms with Gasteiger partial charge in [-0.1, -0.05) is 6.07 Å². The van der Waals surface area contributed by atoms with E-state index in [1.807, 2.05) is 0 Å². The van der Waals surface area contributed by atoms with Crippen LogP contribution in [-0.4, -0.2) is 15.9 Å². The lowest BCUT2D eigenvalue weighted by atomic mass is 10.3. The van der Waals surface area contributed by atoms with Gasteiger partial charge in [0.2, 0.25) is 0 Å². The second-order valence-electron chi connectivity index (χ2n) is 2.15. The van der Waals surface area contributed by atoms with Gasteiger partial charge in [0.1, 0.15) is 5.75 Å². The summed E-state index contributed by atoms with van der Waals surface area (Å²) in [6, 6.07) is 6.26. The van der Waals surface area contributed by atoms with E-state index in [9.17, 15) is 4.21 Å². The Morgan fingerprint density at radius 1 is 1.58 bits per heavy atom. The van der Waals surface area contributed by atoms with Gasteiger partial charge in [-0.25, -0.2) is 4.21 Å². The van der Waals surface area contributed by atoms with Crippen LogP contribution in [0.25, 0.3) is 0 Å². The van der Waals surface area contributed by atoms with Gasteiger partial charge < -0.3 is 9.29 Å². The Morgan fingerprint density at radius 3 is 2.75 bits per heavy atom. The zero-order valence-electron chi connectivity index (χ0n) is 6.39. The fourth-order valence-electron chi connectivity index (χ4n) is 0.762. The van der Waals surface area contributed by atoms with Gasteiger partial charge >= 0.3 is 0 Å². The number of rotatable bonds is 2. The average Bonchev–Trinajstić information content (AvgIpc) is 2.03. The van der Waals surface area contributed by atoms with Crippen molar-refractivity contribution in [3.8, 4) is 5.75 Å². The summed E-state index contributed by atoms with van der Waals surface area (Å²) in [6.07, 6.45) is 0. The minimum atomic E-state index is -3.28. The highest BCUT2D eigenvalue weighted by atomic mass is 32.8. The summed E-state index contributed by atoms with van der Waals surface area (Å²) in [4.78, 5) is 0.205. The summed E-state index contributed by atoms with van der Waals surface area (Å²) < 4.78 is 24.8. The average molecular weight is 204 g/mol. The zero-order chi connectivity index (χ0) is 9.19. The standard InChI is InChI=1S/C7H8O3S2/c1-10-6-3-2-4-7(5-6)12(8,9)11/h2-5H,1H3,(H,8,9,11). The quantitative estimate of drug-likeness (QED) is 0.788. The highest BCUT2D eigenvalue weighted by molar-refractivity contribution is 8.29. The molecule has 0 spiro atoms. The number of methoxy groups -OCH3 is 1. The van der Waals surface area contributed by atoms with Crippen LogP contribution >= 0.6 is 0 Å². The van der Waals surface area contributed by atoms with Crippen molar-refractivity contribution in [3.63, 3.8) is 0 Å². The molecule has 0 heterocycles. The monoisotopic (exact) mass is 204 g/mol. The van der Waals surface area contributed by atoms with Crippen molar-refractivity contribution in [2.75, 3.05) is 7.11 Å². The van der Waals surface area contributed by atoms with E-state index in [1.54, 1.807) is 12.1 Å². The molecule has 1 unspecified atom stereocenters. The third kappa shape index (κ3) is 2.17. The lowest BCUT2D eigenvalue weighted by Gasteiger charge is -2.02. The Bertz CT molecular complexity index is 370. The first-order valence-corrected chi connectivity index (χ1v) is 5.59. The third-order valence-corrected chi connectivity index (χ3v) is 2.77. The molecule has 0 aliphatic rings. The Morgan fingerprint density at radius 2 is 2.25 bits per heavy atom. The first-order chi connectivity index (χ1) is 5.54. The maximum Gasteiger partial charge on any atom is 0.171 e. The number of benzene rings is 1. The van der Waals surface area contributed by atoms with E-state index in [4.69, 9.17) is 9.29 Å². The Hall–Kier alpha value is -0.650. The van der Waals surface area contributed by atoms with E-state index in [0.717, 1.165) is 0 Å². The molecule has 3 nitrogen and oxygen atoms in total. The zero-order valence-corrected chi connectivity index (χ0v) is 8.02. The minimum Gasteiger partial charge on any atom is -0.497 e. The molecule has 1 rings (SSSR count). The van der Waals surface area contributed by atoms with Crippen molar-refractivity contribution < 1.29 is 13.5 Å². The Balaban J connectivity index is 3.20. The summed E-state index contributed by atoms with van der Waals surface area (Å²) >= 11 is 4.39. The molecule has 1 aromatic carbocycles. The molecule has 5 heteroatoms. The molecule has 0 saturated heterocycles. The fourth-order valence-corrected chi connectivity index (χ4v) is 1.59. The van der Waals surface area contributed by atoms with Crippen LogP contribution in [0.3, 0.4) is 0 Å². The van der Waals surface area contributed by atoms with Crippen LogP contribution in [-0.2, 0) is 20.0 Å². The Labute approximate surface area is 75.9 Å². The molecule has 0 amide bonds. The minimum absolute atomic E-state index is 0.205. The number of hydrogen-bond donors (Lipinski definition) is 1. The number of ether oxygens (including phenoxy) is 1. The summed E-state index contributed by atoms with van der Waals surface area (Å²) in [7, 11) is -1.79. The van der Waals surface area contributed by atoms with E-state index in [1.165, 1.54) is 19.2 Å². The predicted octanol–water partition coefficient (Wildman–Crippen LogP) is 1.27. The van der Waals surface area contributed by atoms with Crippen LogP contribution in [0.4, 0.5) is 0 Å². The van der Waals surface area contributed by atoms with Crippen LogP contribution in [0.5, 0.6) is 5.75 Å². The van der Waals surface area contributed by atoms with Gasteiger partial charge in [0, 0.05) is 11.2 Å². The molecule has 0 fully saturated rings. The summed E-state index contributed by atoms with van der Waals surface area (Å²) in [5.74, 6) is 0.527. The van der Waals surface area contributed by atoms with Gasteiger partial charge in [0.25, 0.3) is 0 Å². The van der Waals surface area contributed by atoms with Gasteiger partial charge in [-0.3, -0.25) is 0 Å². The van der Waals surface area contributed by atoms with Crippen molar-refractivity contribution in [2.45, 2.75) is 4.90 Å². The molecule has 0 aromatic heterocycles. The van der Waals surface area contributed by atoms with Gasteiger partial charge in [0.15, 0.2) is 8.77 Å². The van der Waals surface area contributed by atoms with Crippen LogP contribution in [0.1, 0.15) is 0 Å². The van der Waals surface area contributed by atoms with Gasteiger partial charge in [0.05, 0.1) is 12.0 Å². The normalized spacial score (nSPS) is 15.2. The van der Waals surface area contributed by atoms with Crippen molar-refractivity contribution in [1.29, 1.82) is 0 Å². The molecular weight excluding hydrogens is 196 g/mol. The van der Waals surface area contributed by atoms with Gasteiger partial charge in [-0.05, 0) is 18.2 Å². The van der Waals surface area contributed by atoms with E-state index in [-0.39, 0.29) is 4.90 Å².